The summed E-state index contributed by atoms with van der Waals surface area (Å²) in [5, 5.41) is 2.83. The summed E-state index contributed by atoms with van der Waals surface area (Å²) < 4.78 is 1.44. The molecule has 0 spiro atoms. The second kappa shape index (κ2) is 6.52. The number of aromatic nitrogens is 2. The number of carbonyl (C=O) groups is 1. The van der Waals surface area contributed by atoms with E-state index < -0.39 is 0 Å². The van der Waals surface area contributed by atoms with E-state index in [1.54, 1.807) is 0 Å². The van der Waals surface area contributed by atoms with Crippen LogP contribution >= 0.6 is 0 Å². The maximum Gasteiger partial charge on any atom is 0.326 e. The Bertz CT molecular complexity index is 875. The number of benzene rings is 2. The van der Waals surface area contributed by atoms with Crippen LogP contribution < -0.4 is 11.0 Å². The molecule has 0 saturated heterocycles. The third-order valence-electron chi connectivity index (χ3n) is 3.76. The molecule has 0 aliphatic heterocycles. The van der Waals surface area contributed by atoms with E-state index in [-0.39, 0.29) is 18.1 Å². The van der Waals surface area contributed by atoms with Gasteiger partial charge in [0.15, 0.2) is 0 Å². The molecule has 0 radical (unpaired) electrons. The third kappa shape index (κ3) is 3.34. The molecule has 0 bridgehead atoms. The first-order valence-corrected chi connectivity index (χ1v) is 7.73. The van der Waals surface area contributed by atoms with Gasteiger partial charge in [-0.15, -0.1) is 0 Å². The molecule has 5 nitrogen and oxygen atoms in total. The van der Waals surface area contributed by atoms with Gasteiger partial charge in [0.2, 0.25) is 5.91 Å². The van der Waals surface area contributed by atoms with Crippen LogP contribution in [0.1, 0.15) is 18.9 Å². The van der Waals surface area contributed by atoms with E-state index in [0.29, 0.717) is 0 Å². The number of carbonyl (C=O) groups excluding carboxylic acids is 1. The number of amides is 1. The van der Waals surface area contributed by atoms with Crippen molar-refractivity contribution in [2.45, 2.75) is 26.3 Å². The van der Waals surface area contributed by atoms with E-state index in [0.717, 1.165) is 29.6 Å². The van der Waals surface area contributed by atoms with Crippen LogP contribution in [0.3, 0.4) is 0 Å². The second-order valence-electron chi connectivity index (χ2n) is 5.53. The molecule has 0 aliphatic carbocycles. The summed E-state index contributed by atoms with van der Waals surface area (Å²) in [7, 11) is 0. The van der Waals surface area contributed by atoms with Crippen molar-refractivity contribution >= 4 is 22.6 Å². The molecule has 5 heteroatoms. The normalized spacial score (nSPS) is 10.8. The lowest BCUT2D eigenvalue weighted by Gasteiger charge is -2.07. The maximum absolute atomic E-state index is 12.2. The number of nitrogens with one attached hydrogen (secondary N) is 2. The molecule has 1 amide bonds. The lowest BCUT2D eigenvalue weighted by molar-refractivity contribution is -0.116. The van der Waals surface area contributed by atoms with Crippen molar-refractivity contribution in [1.82, 2.24) is 9.55 Å². The Morgan fingerprint density at radius 3 is 2.61 bits per heavy atom. The van der Waals surface area contributed by atoms with Gasteiger partial charge in [0.05, 0.1) is 11.0 Å². The second-order valence-corrected chi connectivity index (χ2v) is 5.53. The molecular weight excluding hydrogens is 290 g/mol. The highest BCUT2D eigenvalue weighted by molar-refractivity contribution is 5.91. The number of hydrogen-bond acceptors (Lipinski definition) is 2. The molecule has 2 aromatic carbocycles. The van der Waals surface area contributed by atoms with Crippen LogP contribution in [-0.4, -0.2) is 15.5 Å². The number of aryl methyl sites for hydroxylation is 1. The zero-order valence-corrected chi connectivity index (χ0v) is 13.0. The van der Waals surface area contributed by atoms with Crippen molar-refractivity contribution in [1.29, 1.82) is 0 Å². The molecule has 23 heavy (non-hydrogen) atoms. The van der Waals surface area contributed by atoms with E-state index >= 15 is 0 Å². The summed E-state index contributed by atoms with van der Waals surface area (Å²) in [6.07, 6.45) is 2.12. The van der Waals surface area contributed by atoms with E-state index in [9.17, 15) is 9.59 Å². The zero-order valence-electron chi connectivity index (χ0n) is 13.0. The molecule has 2 N–H and O–H groups in total. The highest BCUT2D eigenvalue weighted by atomic mass is 16.2. The minimum Gasteiger partial charge on any atom is -0.325 e. The van der Waals surface area contributed by atoms with Gasteiger partial charge in [-0.3, -0.25) is 9.36 Å². The molecule has 0 saturated carbocycles. The number of imidazole rings is 1. The minimum atomic E-state index is -0.278. The molecule has 0 atom stereocenters. The fraction of sp³-hybridized carbons (Fsp3) is 0.222. The predicted octanol–water partition coefficient (Wildman–Crippen LogP) is 2.92. The SMILES string of the molecule is CCCc1ccc(NC(=O)Cn2c(=O)[nH]c3ccccc32)cc1. The Labute approximate surface area is 134 Å². The summed E-state index contributed by atoms with van der Waals surface area (Å²) >= 11 is 0. The van der Waals surface area contributed by atoms with Crippen molar-refractivity contribution in [2.75, 3.05) is 5.32 Å². The van der Waals surface area contributed by atoms with Gasteiger partial charge < -0.3 is 10.3 Å². The molecule has 0 fully saturated rings. The first-order valence-electron chi connectivity index (χ1n) is 7.73. The average molecular weight is 309 g/mol. The van der Waals surface area contributed by atoms with Crippen LogP contribution in [0.4, 0.5) is 5.69 Å². The number of hydrogen-bond donors (Lipinski definition) is 2. The van der Waals surface area contributed by atoms with E-state index in [4.69, 9.17) is 0 Å². The average Bonchev–Trinajstić information content (AvgIpc) is 2.85. The lowest BCUT2D eigenvalue weighted by atomic mass is 10.1. The quantitative estimate of drug-likeness (QED) is 0.761. The largest absolute Gasteiger partial charge is 0.326 e. The Morgan fingerprint density at radius 2 is 1.87 bits per heavy atom. The molecule has 118 valence electrons. The fourth-order valence-corrected chi connectivity index (χ4v) is 2.65. The number of H-pyrrole nitrogens is 1. The Morgan fingerprint density at radius 1 is 1.13 bits per heavy atom. The fourth-order valence-electron chi connectivity index (χ4n) is 2.65. The van der Waals surface area contributed by atoms with Crippen molar-refractivity contribution in [3.05, 3.63) is 64.6 Å². The standard InChI is InChI=1S/C18H19N3O2/c1-2-5-13-8-10-14(11-9-13)19-17(22)12-21-16-7-4-3-6-15(16)20-18(21)23/h3-4,6-11H,2,5,12H2,1H3,(H,19,22)(H,20,23). The molecule has 1 aromatic heterocycles. The van der Waals surface area contributed by atoms with E-state index in [1.807, 2.05) is 48.5 Å². The van der Waals surface area contributed by atoms with Crippen molar-refractivity contribution in [2.24, 2.45) is 0 Å². The maximum atomic E-state index is 12.2. The van der Waals surface area contributed by atoms with E-state index in [1.165, 1.54) is 10.1 Å². The van der Waals surface area contributed by atoms with Gasteiger partial charge in [0, 0.05) is 5.69 Å². The van der Waals surface area contributed by atoms with Gasteiger partial charge in [0.25, 0.3) is 0 Å². The first kappa shape index (κ1) is 15.1. The summed E-state index contributed by atoms with van der Waals surface area (Å²) in [6.45, 7) is 2.12. The zero-order chi connectivity index (χ0) is 16.2. The van der Waals surface area contributed by atoms with Crippen LogP contribution in [0.5, 0.6) is 0 Å². The monoisotopic (exact) mass is 309 g/mol. The topological polar surface area (TPSA) is 66.9 Å². The summed E-state index contributed by atoms with van der Waals surface area (Å²) in [6, 6.07) is 15.1. The first-order chi connectivity index (χ1) is 11.2. The summed E-state index contributed by atoms with van der Waals surface area (Å²) in [5.41, 5.74) is 3.17. The Hall–Kier alpha value is -2.82. The third-order valence-corrected chi connectivity index (χ3v) is 3.76. The molecule has 1 heterocycles. The van der Waals surface area contributed by atoms with Crippen molar-refractivity contribution in [3.8, 4) is 0 Å². The van der Waals surface area contributed by atoms with Crippen LogP contribution in [0.15, 0.2) is 53.3 Å². The highest BCUT2D eigenvalue weighted by Gasteiger charge is 2.10. The number of fused-ring (bicyclic) bond motifs is 1. The van der Waals surface area contributed by atoms with Crippen LogP contribution in [0, 0.1) is 0 Å². The van der Waals surface area contributed by atoms with Crippen molar-refractivity contribution < 1.29 is 4.79 Å². The lowest BCUT2D eigenvalue weighted by Crippen LogP contribution is -2.25. The van der Waals surface area contributed by atoms with Crippen LogP contribution in [0.2, 0.25) is 0 Å². The Balaban J connectivity index is 1.73. The summed E-state index contributed by atoms with van der Waals surface area (Å²) in [5.74, 6) is -0.222. The molecule has 3 rings (SSSR count). The Kier molecular flexibility index (Phi) is 4.28. The van der Waals surface area contributed by atoms with Crippen molar-refractivity contribution in [3.63, 3.8) is 0 Å². The number of anilines is 1. The number of para-hydroxylation sites is 2. The van der Waals surface area contributed by atoms with Gasteiger partial charge in [-0.25, -0.2) is 4.79 Å². The van der Waals surface area contributed by atoms with E-state index in [2.05, 4.69) is 17.2 Å². The molecule has 0 unspecified atom stereocenters. The molecule has 3 aromatic rings. The number of rotatable bonds is 5. The van der Waals surface area contributed by atoms with Gasteiger partial charge in [-0.05, 0) is 36.2 Å². The van der Waals surface area contributed by atoms with Gasteiger partial charge >= 0.3 is 5.69 Å². The number of nitrogens with zero attached hydrogens (tertiary/aromatic N) is 1. The summed E-state index contributed by atoms with van der Waals surface area (Å²) in [4.78, 5) is 26.9. The molecular formula is C18H19N3O2. The van der Waals surface area contributed by atoms with Gasteiger partial charge in [-0.2, -0.15) is 0 Å². The van der Waals surface area contributed by atoms with Gasteiger partial charge in [0.1, 0.15) is 6.54 Å². The highest BCUT2D eigenvalue weighted by Crippen LogP contribution is 2.12. The smallest absolute Gasteiger partial charge is 0.325 e. The van der Waals surface area contributed by atoms with Gasteiger partial charge in [-0.1, -0.05) is 37.6 Å². The van der Waals surface area contributed by atoms with Crippen LogP contribution in [-0.2, 0) is 17.8 Å². The molecule has 0 aliphatic rings. The predicted molar refractivity (Wildman–Crippen MR) is 91.6 cm³/mol. The minimum absolute atomic E-state index is 0.0143. The van der Waals surface area contributed by atoms with Crippen LogP contribution in [0.25, 0.3) is 11.0 Å². The number of aromatic amines is 1.